The summed E-state index contributed by atoms with van der Waals surface area (Å²) in [7, 11) is 2.81. The predicted molar refractivity (Wildman–Crippen MR) is 118 cm³/mol. The van der Waals surface area contributed by atoms with Crippen molar-refractivity contribution >= 4 is 27.8 Å². The average molecular weight is 446 g/mol. The van der Waals surface area contributed by atoms with Crippen LogP contribution in [0.2, 0.25) is 0 Å². The zero-order valence-corrected chi connectivity index (χ0v) is 17.4. The quantitative estimate of drug-likeness (QED) is 0.419. The van der Waals surface area contributed by atoms with E-state index in [0.29, 0.717) is 11.3 Å². The number of pyridine rings is 1. The molecule has 11 heteroatoms. The fraction of sp³-hybridized carbons (Fsp3) is 0.0909. The first kappa shape index (κ1) is 20.1. The van der Waals surface area contributed by atoms with Gasteiger partial charge in [0.2, 0.25) is 5.89 Å². The molecule has 2 aromatic carbocycles. The third-order valence-corrected chi connectivity index (χ3v) is 5.45. The Morgan fingerprint density at radius 3 is 2.21 bits per heavy atom. The molecule has 3 heterocycles. The Morgan fingerprint density at radius 1 is 0.909 bits per heavy atom. The molecule has 5 aromatic rings. The second-order valence-electron chi connectivity index (χ2n) is 7.40. The number of aromatic nitrogens is 4. The molecule has 0 saturated heterocycles. The van der Waals surface area contributed by atoms with E-state index >= 15 is 0 Å². The maximum Gasteiger partial charge on any atom is 0.332 e. The molecular formula is C22H16N5O6+. The first-order chi connectivity index (χ1) is 15.8. The lowest BCUT2D eigenvalue weighted by atomic mass is 10.2. The van der Waals surface area contributed by atoms with Gasteiger partial charge in [0.1, 0.15) is 11.0 Å². The summed E-state index contributed by atoms with van der Waals surface area (Å²) in [6, 6.07) is 14.2. The van der Waals surface area contributed by atoms with Crippen LogP contribution in [0.1, 0.15) is 0 Å². The van der Waals surface area contributed by atoms with Crippen molar-refractivity contribution in [1.82, 2.24) is 18.7 Å². The number of nitrogens with zero attached hydrogens (tertiary/aromatic N) is 5. The van der Waals surface area contributed by atoms with Crippen molar-refractivity contribution in [2.75, 3.05) is 0 Å². The van der Waals surface area contributed by atoms with E-state index in [1.54, 1.807) is 30.3 Å². The van der Waals surface area contributed by atoms with Crippen LogP contribution in [-0.4, -0.2) is 28.8 Å². The van der Waals surface area contributed by atoms with Crippen LogP contribution in [-0.2, 0) is 14.1 Å². The normalized spacial score (nSPS) is 11.3. The predicted octanol–water partition coefficient (Wildman–Crippen LogP) is 2.00. The molecule has 0 saturated carbocycles. The fourth-order valence-electron chi connectivity index (χ4n) is 3.80. The Labute approximate surface area is 183 Å². The Morgan fingerprint density at radius 2 is 1.58 bits per heavy atom. The van der Waals surface area contributed by atoms with Gasteiger partial charge in [-0.15, -0.1) is 0 Å². The largest absolute Gasteiger partial charge is 0.435 e. The molecular weight excluding hydrogens is 430 g/mol. The molecule has 0 unspecified atom stereocenters. The van der Waals surface area contributed by atoms with Crippen molar-refractivity contribution in [3.05, 3.63) is 90.7 Å². The molecule has 0 bridgehead atoms. The summed E-state index contributed by atoms with van der Waals surface area (Å²) in [5.74, 6) is 0.0343. The molecule has 0 aliphatic rings. The maximum absolute atomic E-state index is 13.5. The molecule has 0 aliphatic heterocycles. The van der Waals surface area contributed by atoms with E-state index in [4.69, 9.17) is 9.62 Å². The number of hydrogen-bond acceptors (Lipinski definition) is 6. The summed E-state index contributed by atoms with van der Waals surface area (Å²) < 4.78 is 9.27. The SMILES string of the molecule is Cn1c(=O)c2c3oc(-c4ccc([N+](=O)O)cc4)nc3c(=O)n(-c3ccccc3)c2n(C)c1=O. The van der Waals surface area contributed by atoms with E-state index in [2.05, 4.69) is 4.98 Å². The third-order valence-electron chi connectivity index (χ3n) is 5.45. The van der Waals surface area contributed by atoms with Crippen LogP contribution in [0, 0.1) is 4.91 Å². The average Bonchev–Trinajstić information content (AvgIpc) is 3.27. The van der Waals surface area contributed by atoms with Gasteiger partial charge in [0.05, 0.1) is 10.6 Å². The first-order valence-corrected chi connectivity index (χ1v) is 9.77. The number of rotatable bonds is 3. The van der Waals surface area contributed by atoms with Crippen molar-refractivity contribution in [1.29, 1.82) is 0 Å². The third kappa shape index (κ3) is 2.90. The van der Waals surface area contributed by atoms with Crippen LogP contribution in [0.5, 0.6) is 0 Å². The summed E-state index contributed by atoms with van der Waals surface area (Å²) in [6.45, 7) is 0. The van der Waals surface area contributed by atoms with Gasteiger partial charge in [-0.3, -0.25) is 23.3 Å². The highest BCUT2D eigenvalue weighted by atomic mass is 16.6. The van der Waals surface area contributed by atoms with Crippen molar-refractivity contribution in [3.63, 3.8) is 0 Å². The van der Waals surface area contributed by atoms with Gasteiger partial charge in [0, 0.05) is 31.8 Å². The Hall–Kier alpha value is -4.80. The van der Waals surface area contributed by atoms with Crippen molar-refractivity contribution in [2.45, 2.75) is 0 Å². The van der Waals surface area contributed by atoms with E-state index in [-0.39, 0.29) is 38.6 Å². The number of oxazole rings is 1. The van der Waals surface area contributed by atoms with Crippen LogP contribution < -0.4 is 16.8 Å². The topological polar surface area (TPSA) is 132 Å². The molecule has 3 aromatic heterocycles. The Kier molecular flexibility index (Phi) is 4.34. The zero-order valence-electron chi connectivity index (χ0n) is 17.4. The fourth-order valence-corrected chi connectivity index (χ4v) is 3.80. The van der Waals surface area contributed by atoms with Gasteiger partial charge in [0.15, 0.2) is 11.1 Å². The molecule has 0 amide bonds. The molecule has 164 valence electrons. The molecule has 0 fully saturated rings. The Bertz CT molecular complexity index is 1760. The molecule has 0 atom stereocenters. The summed E-state index contributed by atoms with van der Waals surface area (Å²) in [4.78, 5) is 54.4. The summed E-state index contributed by atoms with van der Waals surface area (Å²) in [5, 5.41) is 9.05. The van der Waals surface area contributed by atoms with Gasteiger partial charge in [-0.1, -0.05) is 18.2 Å². The van der Waals surface area contributed by atoms with Gasteiger partial charge < -0.3 is 4.42 Å². The highest BCUT2D eigenvalue weighted by Gasteiger charge is 2.24. The highest BCUT2D eigenvalue weighted by Crippen LogP contribution is 2.28. The number of hydrogen-bond donors (Lipinski definition) is 1. The first-order valence-electron chi connectivity index (χ1n) is 9.77. The Balaban J connectivity index is 1.95. The lowest BCUT2D eigenvalue weighted by Crippen LogP contribution is -2.39. The standard InChI is InChI=1S/C22H16N5O6/c1-24-19-15(20(28)25(2)22(24)30)17-16(21(29)26(19)13-6-4-3-5-7-13)23-18(33-17)12-8-10-14(11-9-12)27(31)32/h3-11H,1-2H3,(H,31,32)/q+1. The molecule has 1 N–H and O–H groups in total. The van der Waals surface area contributed by atoms with E-state index in [1.807, 2.05) is 0 Å². The number of para-hydroxylation sites is 1. The molecule has 5 rings (SSSR count). The minimum Gasteiger partial charge on any atom is -0.435 e. The van der Waals surface area contributed by atoms with Crippen LogP contribution in [0.15, 0.2) is 73.4 Å². The van der Waals surface area contributed by atoms with Crippen molar-refractivity contribution in [3.8, 4) is 17.1 Å². The van der Waals surface area contributed by atoms with Crippen LogP contribution in [0.4, 0.5) is 5.69 Å². The molecule has 0 spiro atoms. The van der Waals surface area contributed by atoms with Crippen molar-refractivity contribution < 1.29 is 14.5 Å². The van der Waals surface area contributed by atoms with Gasteiger partial charge in [0.25, 0.3) is 16.0 Å². The summed E-state index contributed by atoms with van der Waals surface area (Å²) in [6.07, 6.45) is 0. The van der Waals surface area contributed by atoms with E-state index in [0.717, 1.165) is 4.57 Å². The number of fused-ring (bicyclic) bond motifs is 3. The second-order valence-corrected chi connectivity index (χ2v) is 7.40. The number of benzene rings is 2. The van der Waals surface area contributed by atoms with Crippen LogP contribution in [0.25, 0.3) is 39.3 Å². The molecule has 0 radical (unpaired) electrons. The molecule has 0 aliphatic carbocycles. The lowest BCUT2D eigenvalue weighted by molar-refractivity contribution is -0.729. The smallest absolute Gasteiger partial charge is 0.332 e. The van der Waals surface area contributed by atoms with Gasteiger partial charge in [-0.25, -0.2) is 15.0 Å². The van der Waals surface area contributed by atoms with E-state index < -0.39 is 16.8 Å². The van der Waals surface area contributed by atoms with Crippen molar-refractivity contribution in [2.24, 2.45) is 14.1 Å². The highest BCUT2D eigenvalue weighted by molar-refractivity contribution is 6.00. The zero-order chi connectivity index (χ0) is 23.4. The van der Waals surface area contributed by atoms with Gasteiger partial charge >= 0.3 is 11.4 Å². The molecule has 11 nitrogen and oxygen atoms in total. The lowest BCUT2D eigenvalue weighted by Gasteiger charge is -2.14. The van der Waals surface area contributed by atoms with Crippen LogP contribution in [0.3, 0.4) is 0 Å². The monoisotopic (exact) mass is 446 g/mol. The summed E-state index contributed by atoms with van der Waals surface area (Å²) >= 11 is 0. The summed E-state index contributed by atoms with van der Waals surface area (Å²) in [5.41, 5.74) is -1.01. The number of aryl methyl sites for hydroxylation is 1. The van der Waals surface area contributed by atoms with Gasteiger partial charge in [-0.2, -0.15) is 0 Å². The second kappa shape index (κ2) is 7.12. The van der Waals surface area contributed by atoms with Crippen LogP contribution >= 0.6 is 0 Å². The van der Waals surface area contributed by atoms with E-state index in [9.17, 15) is 19.3 Å². The maximum atomic E-state index is 13.5. The minimum atomic E-state index is -0.636. The minimum absolute atomic E-state index is 0.00406. The van der Waals surface area contributed by atoms with E-state index in [1.165, 1.54) is 47.5 Å². The molecule has 33 heavy (non-hydrogen) atoms. The van der Waals surface area contributed by atoms with Gasteiger partial charge in [-0.05, 0) is 24.3 Å².